The molecule has 1 saturated heterocycles. The van der Waals surface area contributed by atoms with E-state index >= 15 is 0 Å². The molecule has 1 aromatic rings. The largest absolute Gasteiger partial charge is 0.317 e. The van der Waals surface area contributed by atoms with Gasteiger partial charge in [0.25, 0.3) is 0 Å². The molecule has 114 valence electrons. The second-order valence-electron chi connectivity index (χ2n) is 6.08. The lowest BCUT2D eigenvalue weighted by molar-refractivity contribution is 0.152. The van der Waals surface area contributed by atoms with Crippen LogP contribution in [-0.4, -0.2) is 45.3 Å². The van der Waals surface area contributed by atoms with Gasteiger partial charge in [0.15, 0.2) is 0 Å². The number of likely N-dealkylation sites (tertiary alicyclic amines) is 1. The fourth-order valence-electron chi connectivity index (χ4n) is 2.94. The van der Waals surface area contributed by atoms with Crippen molar-refractivity contribution >= 4 is 0 Å². The molecule has 1 unspecified atom stereocenters. The molecule has 2 rings (SSSR count). The zero-order valence-corrected chi connectivity index (χ0v) is 13.4. The van der Waals surface area contributed by atoms with Crippen LogP contribution < -0.4 is 5.32 Å². The minimum Gasteiger partial charge on any atom is -0.317 e. The minimum atomic E-state index is 0.647. The van der Waals surface area contributed by atoms with Crippen molar-refractivity contribution in [2.45, 2.75) is 52.6 Å². The van der Waals surface area contributed by atoms with Crippen LogP contribution in [0.5, 0.6) is 0 Å². The second-order valence-corrected chi connectivity index (χ2v) is 6.08. The summed E-state index contributed by atoms with van der Waals surface area (Å²) in [4.78, 5) is 2.51. The number of rotatable bonds is 6. The van der Waals surface area contributed by atoms with E-state index in [4.69, 9.17) is 0 Å². The minimum absolute atomic E-state index is 0.647. The first kappa shape index (κ1) is 15.4. The van der Waals surface area contributed by atoms with Gasteiger partial charge < -0.3 is 9.88 Å². The second kappa shape index (κ2) is 7.18. The van der Waals surface area contributed by atoms with Gasteiger partial charge in [0.2, 0.25) is 0 Å². The number of aromatic nitrogens is 3. The maximum Gasteiger partial charge on any atom is 0.146 e. The van der Waals surface area contributed by atoms with Crippen LogP contribution in [0.15, 0.2) is 0 Å². The van der Waals surface area contributed by atoms with E-state index in [0.29, 0.717) is 6.04 Å². The Morgan fingerprint density at radius 1 is 1.30 bits per heavy atom. The molecule has 1 fully saturated rings. The highest BCUT2D eigenvalue weighted by atomic mass is 15.3. The predicted octanol–water partition coefficient (Wildman–Crippen LogP) is 1.72. The van der Waals surface area contributed by atoms with Crippen LogP contribution in [0.3, 0.4) is 0 Å². The van der Waals surface area contributed by atoms with E-state index in [-0.39, 0.29) is 0 Å². The summed E-state index contributed by atoms with van der Waals surface area (Å²) in [7, 11) is 2.05. The molecule has 0 amide bonds. The lowest BCUT2D eigenvalue weighted by Crippen LogP contribution is -2.42. The van der Waals surface area contributed by atoms with Crippen molar-refractivity contribution in [1.29, 1.82) is 0 Å². The third-order valence-corrected chi connectivity index (χ3v) is 4.60. The van der Waals surface area contributed by atoms with Gasteiger partial charge in [-0.1, -0.05) is 6.92 Å². The molecule has 5 heteroatoms. The van der Waals surface area contributed by atoms with Crippen LogP contribution in [0.2, 0.25) is 0 Å². The van der Waals surface area contributed by atoms with E-state index in [1.54, 1.807) is 0 Å². The monoisotopic (exact) mass is 279 g/mol. The van der Waals surface area contributed by atoms with Crippen LogP contribution in [-0.2, 0) is 13.6 Å². The standard InChI is InChI=1S/C15H29N5/c1-5-8-16-12(2)14-6-9-20(10-7-14)11-15-18-17-13(3)19(15)4/h12,14,16H,5-11H2,1-4H3. The highest BCUT2D eigenvalue weighted by molar-refractivity contribution is 4.93. The Morgan fingerprint density at radius 2 is 2.00 bits per heavy atom. The van der Waals surface area contributed by atoms with Crippen molar-refractivity contribution in [2.75, 3.05) is 19.6 Å². The molecule has 0 radical (unpaired) electrons. The molecule has 0 saturated carbocycles. The maximum atomic E-state index is 4.26. The zero-order valence-electron chi connectivity index (χ0n) is 13.4. The molecule has 0 spiro atoms. The number of nitrogens with zero attached hydrogens (tertiary/aromatic N) is 4. The van der Waals surface area contributed by atoms with Gasteiger partial charge in [0.1, 0.15) is 11.6 Å². The van der Waals surface area contributed by atoms with Crippen molar-refractivity contribution in [2.24, 2.45) is 13.0 Å². The number of hydrogen-bond acceptors (Lipinski definition) is 4. The molecule has 0 aliphatic carbocycles. The maximum absolute atomic E-state index is 4.26. The van der Waals surface area contributed by atoms with E-state index in [1.807, 2.05) is 14.0 Å². The Kier molecular flexibility index (Phi) is 5.54. The summed E-state index contributed by atoms with van der Waals surface area (Å²) in [5, 5.41) is 12.0. The molecular formula is C15H29N5. The molecule has 1 N–H and O–H groups in total. The number of hydrogen-bond donors (Lipinski definition) is 1. The van der Waals surface area contributed by atoms with Gasteiger partial charge in [0.05, 0.1) is 6.54 Å². The van der Waals surface area contributed by atoms with Gasteiger partial charge >= 0.3 is 0 Å². The van der Waals surface area contributed by atoms with E-state index in [2.05, 4.69) is 38.8 Å². The fraction of sp³-hybridized carbons (Fsp3) is 0.867. The van der Waals surface area contributed by atoms with Crippen LogP contribution in [0, 0.1) is 12.8 Å². The van der Waals surface area contributed by atoms with Gasteiger partial charge in [-0.05, 0) is 58.7 Å². The van der Waals surface area contributed by atoms with Gasteiger partial charge in [0, 0.05) is 13.1 Å². The first-order chi connectivity index (χ1) is 9.61. The smallest absolute Gasteiger partial charge is 0.146 e. The highest BCUT2D eigenvalue weighted by Gasteiger charge is 2.24. The number of piperidine rings is 1. The van der Waals surface area contributed by atoms with Gasteiger partial charge in [-0.25, -0.2) is 0 Å². The van der Waals surface area contributed by atoms with Crippen molar-refractivity contribution in [1.82, 2.24) is 25.0 Å². The van der Waals surface area contributed by atoms with E-state index in [1.165, 1.54) is 32.4 Å². The van der Waals surface area contributed by atoms with Gasteiger partial charge in [-0.2, -0.15) is 0 Å². The lowest BCUT2D eigenvalue weighted by atomic mass is 9.90. The van der Waals surface area contributed by atoms with Crippen molar-refractivity contribution in [3.8, 4) is 0 Å². The fourth-order valence-corrected chi connectivity index (χ4v) is 2.94. The number of aryl methyl sites for hydroxylation is 1. The summed E-state index contributed by atoms with van der Waals surface area (Å²) >= 11 is 0. The highest BCUT2D eigenvalue weighted by Crippen LogP contribution is 2.21. The number of nitrogens with one attached hydrogen (secondary N) is 1. The van der Waals surface area contributed by atoms with Crippen LogP contribution >= 0.6 is 0 Å². The Morgan fingerprint density at radius 3 is 2.55 bits per heavy atom. The third-order valence-electron chi connectivity index (χ3n) is 4.60. The quantitative estimate of drug-likeness (QED) is 0.861. The first-order valence-corrected chi connectivity index (χ1v) is 7.92. The molecule has 1 aromatic heterocycles. The lowest BCUT2D eigenvalue weighted by Gasteiger charge is -2.34. The van der Waals surface area contributed by atoms with Gasteiger partial charge in [-0.3, -0.25) is 4.90 Å². The van der Waals surface area contributed by atoms with E-state index in [0.717, 1.165) is 30.7 Å². The molecule has 5 nitrogen and oxygen atoms in total. The van der Waals surface area contributed by atoms with Crippen molar-refractivity contribution in [3.05, 3.63) is 11.6 Å². The molecule has 1 atom stereocenters. The Labute approximate surface area is 122 Å². The Hall–Kier alpha value is -0.940. The molecule has 1 aliphatic heterocycles. The molecule has 0 aromatic carbocycles. The summed E-state index contributed by atoms with van der Waals surface area (Å²) in [5.41, 5.74) is 0. The Balaban J connectivity index is 1.78. The third kappa shape index (κ3) is 3.79. The molecule has 2 heterocycles. The summed E-state index contributed by atoms with van der Waals surface area (Å²) in [6.07, 6.45) is 3.79. The average molecular weight is 279 g/mol. The van der Waals surface area contributed by atoms with E-state index < -0.39 is 0 Å². The Bertz CT molecular complexity index is 406. The van der Waals surface area contributed by atoms with Crippen LogP contribution in [0.25, 0.3) is 0 Å². The first-order valence-electron chi connectivity index (χ1n) is 7.92. The normalized spacial score (nSPS) is 19.4. The topological polar surface area (TPSA) is 46.0 Å². The summed E-state index contributed by atoms with van der Waals surface area (Å²) in [6, 6.07) is 0.647. The van der Waals surface area contributed by atoms with E-state index in [9.17, 15) is 0 Å². The van der Waals surface area contributed by atoms with Crippen molar-refractivity contribution in [3.63, 3.8) is 0 Å². The van der Waals surface area contributed by atoms with Crippen molar-refractivity contribution < 1.29 is 0 Å². The van der Waals surface area contributed by atoms with Crippen LogP contribution in [0.4, 0.5) is 0 Å². The average Bonchev–Trinajstić information content (AvgIpc) is 2.77. The molecule has 0 bridgehead atoms. The molecule has 1 aliphatic rings. The summed E-state index contributed by atoms with van der Waals surface area (Å²) < 4.78 is 2.09. The zero-order chi connectivity index (χ0) is 14.5. The molecular weight excluding hydrogens is 250 g/mol. The SMILES string of the molecule is CCCNC(C)C1CCN(Cc2nnc(C)n2C)CC1. The van der Waals surface area contributed by atoms with Crippen LogP contribution in [0.1, 0.15) is 44.8 Å². The predicted molar refractivity (Wildman–Crippen MR) is 81.5 cm³/mol. The molecule has 20 heavy (non-hydrogen) atoms. The summed E-state index contributed by atoms with van der Waals surface area (Å²) in [5.74, 6) is 2.89. The summed E-state index contributed by atoms with van der Waals surface area (Å²) in [6.45, 7) is 11.0. The van der Waals surface area contributed by atoms with Gasteiger partial charge in [-0.15, -0.1) is 10.2 Å².